The van der Waals surface area contributed by atoms with E-state index in [-0.39, 0.29) is 24.0 Å². The molecule has 0 aliphatic carbocycles. The lowest BCUT2D eigenvalue weighted by molar-refractivity contribution is 0.0341. The Morgan fingerprint density at radius 2 is 1.70 bits per heavy atom. The summed E-state index contributed by atoms with van der Waals surface area (Å²) in [7, 11) is 0. The molecule has 6 nitrogen and oxygen atoms in total. The molecular formula is C26H39IN4O2. The number of guanidine groups is 1. The van der Waals surface area contributed by atoms with Gasteiger partial charge in [-0.3, -0.25) is 4.90 Å². The summed E-state index contributed by atoms with van der Waals surface area (Å²) in [5, 5.41) is 6.78. The molecule has 1 saturated heterocycles. The van der Waals surface area contributed by atoms with Crippen molar-refractivity contribution in [3.8, 4) is 0 Å². The smallest absolute Gasteiger partial charge is 0.191 e. The maximum absolute atomic E-state index is 5.78. The van der Waals surface area contributed by atoms with Crippen molar-refractivity contribution >= 4 is 29.9 Å². The van der Waals surface area contributed by atoms with Crippen LogP contribution in [-0.2, 0) is 29.0 Å². The first-order chi connectivity index (χ1) is 15.8. The predicted molar refractivity (Wildman–Crippen MR) is 146 cm³/mol. The second-order valence-electron chi connectivity index (χ2n) is 7.98. The Kier molecular flexibility index (Phi) is 14.1. The SMILES string of the molecule is CCNC(=NCc1ccccc1CN1CCOCC1)NCCCOCCc1ccccc1.I. The van der Waals surface area contributed by atoms with Gasteiger partial charge in [0.1, 0.15) is 0 Å². The number of benzene rings is 2. The third kappa shape index (κ3) is 10.9. The van der Waals surface area contributed by atoms with E-state index in [4.69, 9.17) is 14.5 Å². The van der Waals surface area contributed by atoms with Crippen LogP contribution in [0.4, 0.5) is 0 Å². The number of ether oxygens (including phenoxy) is 2. The summed E-state index contributed by atoms with van der Waals surface area (Å²) >= 11 is 0. The van der Waals surface area contributed by atoms with Crippen LogP contribution in [-0.4, -0.2) is 63.5 Å². The Morgan fingerprint density at radius 3 is 2.45 bits per heavy atom. The largest absolute Gasteiger partial charge is 0.381 e. The Morgan fingerprint density at radius 1 is 0.970 bits per heavy atom. The highest BCUT2D eigenvalue weighted by Crippen LogP contribution is 2.14. The van der Waals surface area contributed by atoms with Crippen molar-refractivity contribution in [3.05, 3.63) is 71.3 Å². The average molecular weight is 567 g/mol. The number of aliphatic imine (C=N–C) groups is 1. The summed E-state index contributed by atoms with van der Waals surface area (Å²) in [6.45, 7) is 10.6. The first-order valence-electron chi connectivity index (χ1n) is 11.9. The molecule has 1 aliphatic rings. The molecule has 33 heavy (non-hydrogen) atoms. The number of rotatable bonds is 12. The molecule has 0 aromatic heterocycles. The van der Waals surface area contributed by atoms with Gasteiger partial charge in [0.2, 0.25) is 0 Å². The summed E-state index contributed by atoms with van der Waals surface area (Å²) in [4.78, 5) is 7.27. The summed E-state index contributed by atoms with van der Waals surface area (Å²) in [6, 6.07) is 19.1. The normalized spacial score (nSPS) is 14.5. The monoisotopic (exact) mass is 566 g/mol. The molecule has 2 aromatic carbocycles. The fourth-order valence-electron chi connectivity index (χ4n) is 3.69. The molecule has 0 unspecified atom stereocenters. The lowest BCUT2D eigenvalue weighted by Crippen LogP contribution is -2.38. The van der Waals surface area contributed by atoms with Gasteiger partial charge in [0, 0.05) is 39.3 Å². The van der Waals surface area contributed by atoms with Gasteiger partial charge in [-0.2, -0.15) is 0 Å². The molecule has 0 bridgehead atoms. The van der Waals surface area contributed by atoms with Crippen molar-refractivity contribution in [3.63, 3.8) is 0 Å². The summed E-state index contributed by atoms with van der Waals surface area (Å²) in [6.07, 6.45) is 1.91. The Bertz CT molecular complexity index is 798. The van der Waals surface area contributed by atoms with E-state index in [0.717, 1.165) is 78.0 Å². The van der Waals surface area contributed by atoms with Crippen LogP contribution >= 0.6 is 24.0 Å². The highest BCUT2D eigenvalue weighted by molar-refractivity contribution is 14.0. The van der Waals surface area contributed by atoms with Crippen LogP contribution in [0.2, 0.25) is 0 Å². The van der Waals surface area contributed by atoms with Gasteiger partial charge in [0.05, 0.1) is 26.4 Å². The van der Waals surface area contributed by atoms with Gasteiger partial charge in [-0.15, -0.1) is 24.0 Å². The Balaban J connectivity index is 0.00000385. The maximum atomic E-state index is 5.78. The Labute approximate surface area is 216 Å². The number of nitrogens with one attached hydrogen (secondary N) is 2. The minimum Gasteiger partial charge on any atom is -0.381 e. The molecule has 182 valence electrons. The van der Waals surface area contributed by atoms with E-state index in [1.165, 1.54) is 16.7 Å². The molecule has 0 amide bonds. The number of nitrogens with zero attached hydrogens (tertiary/aromatic N) is 2. The van der Waals surface area contributed by atoms with Crippen molar-refractivity contribution in [1.29, 1.82) is 0 Å². The number of halogens is 1. The van der Waals surface area contributed by atoms with Gasteiger partial charge in [0.25, 0.3) is 0 Å². The van der Waals surface area contributed by atoms with E-state index in [1.54, 1.807) is 0 Å². The Hall–Kier alpha value is -1.68. The second kappa shape index (κ2) is 16.9. The first kappa shape index (κ1) is 27.6. The van der Waals surface area contributed by atoms with E-state index >= 15 is 0 Å². The van der Waals surface area contributed by atoms with Gasteiger partial charge < -0.3 is 20.1 Å². The predicted octanol–water partition coefficient (Wildman–Crippen LogP) is 3.84. The zero-order valence-electron chi connectivity index (χ0n) is 19.8. The molecular weight excluding hydrogens is 527 g/mol. The summed E-state index contributed by atoms with van der Waals surface area (Å²) < 4.78 is 11.3. The van der Waals surface area contributed by atoms with Gasteiger partial charge >= 0.3 is 0 Å². The second-order valence-corrected chi connectivity index (χ2v) is 7.98. The van der Waals surface area contributed by atoms with Crippen LogP contribution in [0, 0.1) is 0 Å². The van der Waals surface area contributed by atoms with Gasteiger partial charge in [-0.1, -0.05) is 54.6 Å². The number of morpholine rings is 1. The van der Waals surface area contributed by atoms with Crippen molar-refractivity contribution < 1.29 is 9.47 Å². The third-order valence-electron chi connectivity index (χ3n) is 5.50. The van der Waals surface area contributed by atoms with Crippen LogP contribution in [0.25, 0.3) is 0 Å². The average Bonchev–Trinajstić information content (AvgIpc) is 2.84. The molecule has 1 aliphatic heterocycles. The molecule has 1 fully saturated rings. The van der Waals surface area contributed by atoms with Gasteiger partial charge in [0.15, 0.2) is 5.96 Å². The van der Waals surface area contributed by atoms with E-state index in [9.17, 15) is 0 Å². The fourth-order valence-corrected chi connectivity index (χ4v) is 3.69. The van der Waals surface area contributed by atoms with Crippen LogP contribution in [0.15, 0.2) is 59.6 Å². The van der Waals surface area contributed by atoms with Crippen LogP contribution in [0.3, 0.4) is 0 Å². The van der Waals surface area contributed by atoms with E-state index in [0.29, 0.717) is 6.54 Å². The molecule has 0 saturated carbocycles. The highest BCUT2D eigenvalue weighted by Gasteiger charge is 2.12. The van der Waals surface area contributed by atoms with Crippen molar-refractivity contribution in [2.24, 2.45) is 4.99 Å². The molecule has 2 aromatic rings. The standard InChI is InChI=1S/C26H38N4O2.HI/c1-2-27-26(28-14-8-17-31-18-13-23-9-4-3-5-10-23)29-21-24-11-6-7-12-25(24)22-30-15-19-32-20-16-30;/h3-7,9-12H,2,8,13-22H2,1H3,(H2,27,28,29);1H. The van der Waals surface area contributed by atoms with Crippen LogP contribution in [0.5, 0.6) is 0 Å². The van der Waals surface area contributed by atoms with Crippen molar-refractivity contribution in [2.75, 3.05) is 52.6 Å². The number of hydrogen-bond donors (Lipinski definition) is 2. The van der Waals surface area contributed by atoms with E-state index in [1.807, 2.05) is 6.07 Å². The van der Waals surface area contributed by atoms with Crippen molar-refractivity contribution in [2.45, 2.75) is 32.9 Å². The minimum atomic E-state index is 0. The molecule has 0 atom stereocenters. The van der Waals surface area contributed by atoms with Gasteiger partial charge in [-0.05, 0) is 36.5 Å². The lowest BCUT2D eigenvalue weighted by Gasteiger charge is -2.27. The summed E-state index contributed by atoms with van der Waals surface area (Å²) in [5.74, 6) is 0.859. The zero-order chi connectivity index (χ0) is 22.3. The zero-order valence-corrected chi connectivity index (χ0v) is 22.1. The lowest BCUT2D eigenvalue weighted by atomic mass is 10.1. The molecule has 0 spiro atoms. The fraction of sp³-hybridized carbons (Fsp3) is 0.500. The highest BCUT2D eigenvalue weighted by atomic mass is 127. The van der Waals surface area contributed by atoms with E-state index in [2.05, 4.69) is 71.0 Å². The topological polar surface area (TPSA) is 58.1 Å². The molecule has 3 rings (SSSR count). The molecule has 0 radical (unpaired) electrons. The van der Waals surface area contributed by atoms with E-state index < -0.39 is 0 Å². The molecule has 1 heterocycles. The molecule has 7 heteroatoms. The van der Waals surface area contributed by atoms with Crippen LogP contribution in [0.1, 0.15) is 30.0 Å². The number of hydrogen-bond acceptors (Lipinski definition) is 4. The first-order valence-corrected chi connectivity index (χ1v) is 11.9. The maximum Gasteiger partial charge on any atom is 0.191 e. The third-order valence-corrected chi connectivity index (χ3v) is 5.50. The quantitative estimate of drug-likeness (QED) is 0.177. The van der Waals surface area contributed by atoms with Gasteiger partial charge in [-0.25, -0.2) is 4.99 Å². The van der Waals surface area contributed by atoms with Crippen molar-refractivity contribution in [1.82, 2.24) is 15.5 Å². The minimum absolute atomic E-state index is 0. The molecule has 2 N–H and O–H groups in total. The van der Waals surface area contributed by atoms with Crippen LogP contribution < -0.4 is 10.6 Å². The summed E-state index contributed by atoms with van der Waals surface area (Å²) in [5.41, 5.74) is 3.95.